The Morgan fingerprint density at radius 1 is 1.10 bits per heavy atom. The lowest BCUT2D eigenvalue weighted by molar-refractivity contribution is 0.103. The van der Waals surface area contributed by atoms with Crippen molar-refractivity contribution in [3.63, 3.8) is 0 Å². The van der Waals surface area contributed by atoms with E-state index in [4.69, 9.17) is 14.2 Å². The molecule has 0 saturated heterocycles. The second kappa shape index (κ2) is 6.26. The molecular weight excluding hydrogens is 270 g/mol. The van der Waals surface area contributed by atoms with Crippen molar-refractivity contribution in [1.82, 2.24) is 4.98 Å². The van der Waals surface area contributed by atoms with Crippen LogP contribution in [0.2, 0.25) is 0 Å². The van der Waals surface area contributed by atoms with Gasteiger partial charge in [-0.05, 0) is 30.7 Å². The summed E-state index contributed by atoms with van der Waals surface area (Å²) in [4.78, 5) is 16.7. The number of ketones is 1. The maximum absolute atomic E-state index is 12.7. The van der Waals surface area contributed by atoms with Crippen molar-refractivity contribution < 1.29 is 19.0 Å². The molecule has 5 heteroatoms. The Morgan fingerprint density at radius 2 is 1.81 bits per heavy atom. The predicted molar refractivity (Wildman–Crippen MR) is 78.5 cm³/mol. The van der Waals surface area contributed by atoms with Crippen molar-refractivity contribution in [3.05, 3.63) is 47.3 Å². The number of benzene rings is 1. The Hall–Kier alpha value is -2.56. The first kappa shape index (κ1) is 14.8. The highest BCUT2D eigenvalue weighted by atomic mass is 16.5. The molecule has 0 aliphatic rings. The fourth-order valence-electron chi connectivity index (χ4n) is 2.20. The Balaban J connectivity index is 2.66. The molecule has 0 radical (unpaired) electrons. The smallest absolute Gasteiger partial charge is 0.204 e. The van der Waals surface area contributed by atoms with Gasteiger partial charge in [-0.1, -0.05) is 0 Å². The molecule has 1 aromatic heterocycles. The van der Waals surface area contributed by atoms with E-state index >= 15 is 0 Å². The van der Waals surface area contributed by atoms with E-state index in [0.717, 1.165) is 5.56 Å². The van der Waals surface area contributed by atoms with E-state index in [-0.39, 0.29) is 5.78 Å². The quantitative estimate of drug-likeness (QED) is 0.791. The van der Waals surface area contributed by atoms with Gasteiger partial charge in [0.1, 0.15) is 0 Å². The molecule has 1 heterocycles. The zero-order valence-corrected chi connectivity index (χ0v) is 12.5. The van der Waals surface area contributed by atoms with Crippen molar-refractivity contribution in [2.24, 2.45) is 0 Å². The molecule has 0 atom stereocenters. The second-order valence-corrected chi connectivity index (χ2v) is 4.41. The molecule has 5 nitrogen and oxygen atoms in total. The Kier molecular flexibility index (Phi) is 4.42. The van der Waals surface area contributed by atoms with Gasteiger partial charge in [0.2, 0.25) is 5.75 Å². The average molecular weight is 287 g/mol. The van der Waals surface area contributed by atoms with E-state index in [9.17, 15) is 4.79 Å². The Bertz CT molecular complexity index is 653. The lowest BCUT2D eigenvalue weighted by atomic mass is 9.98. The van der Waals surface area contributed by atoms with Gasteiger partial charge in [0.05, 0.1) is 26.9 Å². The van der Waals surface area contributed by atoms with Crippen LogP contribution in [-0.4, -0.2) is 32.1 Å². The SMILES string of the molecule is COc1cc(C)c(C(=O)c2cccnc2)c(OC)c1OC. The van der Waals surface area contributed by atoms with Gasteiger partial charge in [0.15, 0.2) is 17.3 Å². The molecule has 0 spiro atoms. The van der Waals surface area contributed by atoms with Crippen LogP contribution in [0, 0.1) is 6.92 Å². The number of aromatic nitrogens is 1. The lowest BCUT2D eigenvalue weighted by Crippen LogP contribution is -2.09. The van der Waals surface area contributed by atoms with Gasteiger partial charge in [-0.15, -0.1) is 0 Å². The third kappa shape index (κ3) is 2.67. The monoisotopic (exact) mass is 287 g/mol. The molecular formula is C16H17NO4. The number of hydrogen-bond acceptors (Lipinski definition) is 5. The normalized spacial score (nSPS) is 10.1. The standard InChI is InChI=1S/C16H17NO4/c1-10-8-12(19-2)15(20-3)16(21-4)13(10)14(18)11-6-5-7-17-9-11/h5-9H,1-4H3. The first-order valence-corrected chi connectivity index (χ1v) is 6.38. The summed E-state index contributed by atoms with van der Waals surface area (Å²) in [6, 6.07) is 5.19. The van der Waals surface area contributed by atoms with Gasteiger partial charge < -0.3 is 14.2 Å². The van der Waals surface area contributed by atoms with Crippen LogP contribution in [0.4, 0.5) is 0 Å². The van der Waals surface area contributed by atoms with Crippen molar-refractivity contribution >= 4 is 5.78 Å². The van der Waals surface area contributed by atoms with Crippen LogP contribution >= 0.6 is 0 Å². The molecule has 0 saturated carbocycles. The maximum atomic E-state index is 12.7. The molecule has 0 fully saturated rings. The van der Waals surface area contributed by atoms with E-state index < -0.39 is 0 Å². The highest BCUT2D eigenvalue weighted by molar-refractivity contribution is 6.12. The molecule has 0 bridgehead atoms. The highest BCUT2D eigenvalue weighted by Gasteiger charge is 2.24. The highest BCUT2D eigenvalue weighted by Crippen LogP contribution is 2.42. The molecule has 0 amide bonds. The van der Waals surface area contributed by atoms with Crippen LogP contribution < -0.4 is 14.2 Å². The van der Waals surface area contributed by atoms with Crippen molar-refractivity contribution in [3.8, 4) is 17.2 Å². The number of aryl methyl sites for hydroxylation is 1. The summed E-state index contributed by atoms with van der Waals surface area (Å²) in [5.41, 5.74) is 1.69. The van der Waals surface area contributed by atoms with Crippen LogP contribution in [0.3, 0.4) is 0 Å². The summed E-state index contributed by atoms with van der Waals surface area (Å²) in [7, 11) is 4.55. The average Bonchev–Trinajstić information content (AvgIpc) is 2.53. The third-order valence-electron chi connectivity index (χ3n) is 3.18. The van der Waals surface area contributed by atoms with E-state index in [2.05, 4.69) is 4.98 Å². The van der Waals surface area contributed by atoms with Crippen molar-refractivity contribution in [2.45, 2.75) is 6.92 Å². The zero-order valence-electron chi connectivity index (χ0n) is 12.5. The molecule has 110 valence electrons. The fourth-order valence-corrected chi connectivity index (χ4v) is 2.20. The second-order valence-electron chi connectivity index (χ2n) is 4.41. The number of nitrogens with zero attached hydrogens (tertiary/aromatic N) is 1. The van der Waals surface area contributed by atoms with Gasteiger partial charge >= 0.3 is 0 Å². The Morgan fingerprint density at radius 3 is 2.33 bits per heavy atom. The summed E-state index contributed by atoms with van der Waals surface area (Å²) in [5.74, 6) is 1.12. The summed E-state index contributed by atoms with van der Waals surface area (Å²) in [6.45, 7) is 1.83. The molecule has 1 aromatic carbocycles. The van der Waals surface area contributed by atoms with Crippen LogP contribution in [-0.2, 0) is 0 Å². The van der Waals surface area contributed by atoms with E-state index in [1.165, 1.54) is 20.4 Å². The first-order valence-electron chi connectivity index (χ1n) is 6.38. The van der Waals surface area contributed by atoms with Crippen molar-refractivity contribution in [1.29, 1.82) is 0 Å². The summed E-state index contributed by atoms with van der Waals surface area (Å²) in [6.07, 6.45) is 3.15. The number of carbonyl (C=O) groups is 1. The zero-order chi connectivity index (χ0) is 15.4. The summed E-state index contributed by atoms with van der Waals surface area (Å²) >= 11 is 0. The number of pyridine rings is 1. The lowest BCUT2D eigenvalue weighted by Gasteiger charge is -2.17. The fraction of sp³-hybridized carbons (Fsp3) is 0.250. The largest absolute Gasteiger partial charge is 0.493 e. The molecule has 0 aliphatic heterocycles. The van der Waals surface area contributed by atoms with Crippen LogP contribution in [0.5, 0.6) is 17.2 Å². The van der Waals surface area contributed by atoms with Crippen LogP contribution in [0.15, 0.2) is 30.6 Å². The van der Waals surface area contributed by atoms with Gasteiger partial charge in [0.25, 0.3) is 0 Å². The molecule has 0 unspecified atom stereocenters. The van der Waals surface area contributed by atoms with E-state index in [1.807, 2.05) is 6.92 Å². The number of hydrogen-bond donors (Lipinski definition) is 0. The maximum Gasteiger partial charge on any atom is 0.204 e. The molecule has 2 rings (SSSR count). The van der Waals surface area contributed by atoms with Crippen LogP contribution in [0.25, 0.3) is 0 Å². The molecule has 2 aromatic rings. The predicted octanol–water partition coefficient (Wildman–Crippen LogP) is 2.65. The third-order valence-corrected chi connectivity index (χ3v) is 3.18. The van der Waals surface area contributed by atoms with Gasteiger partial charge in [0, 0.05) is 18.0 Å². The summed E-state index contributed by atoms with van der Waals surface area (Å²) in [5, 5.41) is 0. The molecule has 21 heavy (non-hydrogen) atoms. The number of ether oxygens (including phenoxy) is 3. The molecule has 0 aliphatic carbocycles. The van der Waals surface area contributed by atoms with E-state index in [0.29, 0.717) is 28.4 Å². The van der Waals surface area contributed by atoms with Gasteiger partial charge in [-0.25, -0.2) is 0 Å². The number of carbonyl (C=O) groups excluding carboxylic acids is 1. The van der Waals surface area contributed by atoms with Crippen molar-refractivity contribution in [2.75, 3.05) is 21.3 Å². The Labute approximate surface area is 123 Å². The van der Waals surface area contributed by atoms with E-state index in [1.54, 1.807) is 31.5 Å². The number of rotatable bonds is 5. The van der Waals surface area contributed by atoms with Gasteiger partial charge in [-0.3, -0.25) is 9.78 Å². The molecule has 0 N–H and O–H groups in total. The minimum absolute atomic E-state index is 0.168. The minimum atomic E-state index is -0.168. The topological polar surface area (TPSA) is 57.7 Å². The minimum Gasteiger partial charge on any atom is -0.493 e. The summed E-state index contributed by atoms with van der Waals surface area (Å²) < 4.78 is 16.0. The number of methoxy groups -OCH3 is 3. The van der Waals surface area contributed by atoms with Crippen LogP contribution in [0.1, 0.15) is 21.5 Å². The first-order chi connectivity index (χ1) is 10.1. The van der Waals surface area contributed by atoms with Gasteiger partial charge in [-0.2, -0.15) is 0 Å².